The summed E-state index contributed by atoms with van der Waals surface area (Å²) >= 11 is 1.64. The summed E-state index contributed by atoms with van der Waals surface area (Å²) in [5.74, 6) is 1.56. The monoisotopic (exact) mass is 458 g/mol. The zero-order chi connectivity index (χ0) is 23.1. The number of rotatable bonds is 11. The molecule has 1 saturated carbocycles. The number of ether oxygens (including phenoxy) is 2. The third-order valence-corrected chi connectivity index (χ3v) is 6.93. The van der Waals surface area contributed by atoms with Gasteiger partial charge in [0.25, 0.3) is 0 Å². The Kier molecular flexibility index (Phi) is 8.56. The van der Waals surface area contributed by atoms with Gasteiger partial charge in [-0.3, -0.25) is 9.59 Å². The summed E-state index contributed by atoms with van der Waals surface area (Å²) in [5.41, 5.74) is 1.07. The third-order valence-electron chi connectivity index (χ3n) is 6.06. The van der Waals surface area contributed by atoms with E-state index in [1.807, 2.05) is 54.5 Å². The van der Waals surface area contributed by atoms with E-state index >= 15 is 0 Å². The van der Waals surface area contributed by atoms with Gasteiger partial charge in [0, 0.05) is 23.4 Å². The zero-order valence-corrected chi connectivity index (χ0v) is 20.3. The lowest BCUT2D eigenvalue weighted by Gasteiger charge is -2.35. The van der Waals surface area contributed by atoms with Gasteiger partial charge in [0.2, 0.25) is 11.8 Å². The molecule has 2 amide bonds. The number of benzene rings is 1. The lowest BCUT2D eigenvalue weighted by atomic mass is 9.84. The van der Waals surface area contributed by atoms with Crippen LogP contribution in [0, 0.1) is 5.92 Å². The Labute approximate surface area is 195 Å². The van der Waals surface area contributed by atoms with Crippen molar-refractivity contribution in [2.45, 2.75) is 52.1 Å². The highest BCUT2D eigenvalue weighted by Crippen LogP contribution is 2.29. The Morgan fingerprint density at radius 2 is 1.88 bits per heavy atom. The van der Waals surface area contributed by atoms with Gasteiger partial charge in [-0.25, -0.2) is 0 Å². The molecule has 0 aliphatic heterocycles. The van der Waals surface area contributed by atoms with Gasteiger partial charge in [-0.1, -0.05) is 18.6 Å². The maximum atomic E-state index is 13.4. The van der Waals surface area contributed by atoms with E-state index in [1.165, 1.54) is 0 Å². The number of hydrogen-bond donors (Lipinski definition) is 0. The van der Waals surface area contributed by atoms with Crippen molar-refractivity contribution in [3.05, 3.63) is 46.2 Å². The molecule has 1 aromatic carbocycles. The van der Waals surface area contributed by atoms with Crippen LogP contribution in [0.15, 0.2) is 35.7 Å². The molecule has 0 radical (unpaired) electrons. The van der Waals surface area contributed by atoms with Crippen LogP contribution in [0.2, 0.25) is 0 Å². The first kappa shape index (κ1) is 24.1. The molecule has 1 aliphatic rings. The van der Waals surface area contributed by atoms with Gasteiger partial charge in [0.1, 0.15) is 0 Å². The summed E-state index contributed by atoms with van der Waals surface area (Å²) in [6.45, 7) is 5.21. The number of hydrogen-bond acceptors (Lipinski definition) is 5. The van der Waals surface area contributed by atoms with E-state index in [-0.39, 0.29) is 30.3 Å². The Morgan fingerprint density at radius 3 is 2.44 bits per heavy atom. The maximum absolute atomic E-state index is 13.4. The number of carbonyl (C=O) groups excluding carboxylic acids is 2. The standard InChI is InChI=1S/C25H34N2O4S/c1-18(2)27(25(29)20-7-5-8-20)17-24(28)26(16-21-9-6-14-32-21)13-12-19-10-11-22(30-3)23(15-19)31-4/h6,9-11,14-15,18,20H,5,7-8,12-13,16-17H2,1-4H3. The smallest absolute Gasteiger partial charge is 0.242 e. The van der Waals surface area contributed by atoms with Gasteiger partial charge < -0.3 is 19.3 Å². The predicted molar refractivity (Wildman–Crippen MR) is 127 cm³/mol. The molecule has 0 unspecified atom stereocenters. The van der Waals surface area contributed by atoms with Crippen LogP contribution in [-0.4, -0.2) is 55.0 Å². The van der Waals surface area contributed by atoms with Gasteiger partial charge in [-0.2, -0.15) is 0 Å². The molecule has 0 N–H and O–H groups in total. The largest absolute Gasteiger partial charge is 0.493 e. The van der Waals surface area contributed by atoms with Gasteiger partial charge in [-0.15, -0.1) is 11.3 Å². The van der Waals surface area contributed by atoms with Gasteiger partial charge in [0.05, 0.1) is 27.3 Å². The van der Waals surface area contributed by atoms with E-state index < -0.39 is 0 Å². The normalized spacial score (nSPS) is 13.5. The molecule has 32 heavy (non-hydrogen) atoms. The molecular formula is C25H34N2O4S. The van der Waals surface area contributed by atoms with E-state index in [2.05, 4.69) is 0 Å². The maximum Gasteiger partial charge on any atom is 0.242 e. The van der Waals surface area contributed by atoms with Crippen molar-refractivity contribution in [1.82, 2.24) is 9.80 Å². The molecule has 3 rings (SSSR count). The highest BCUT2D eigenvalue weighted by molar-refractivity contribution is 7.09. The summed E-state index contributed by atoms with van der Waals surface area (Å²) in [6, 6.07) is 9.88. The molecule has 1 aromatic heterocycles. The summed E-state index contributed by atoms with van der Waals surface area (Å²) in [7, 11) is 3.23. The fraction of sp³-hybridized carbons (Fsp3) is 0.520. The van der Waals surface area contributed by atoms with Crippen LogP contribution in [0.25, 0.3) is 0 Å². The molecule has 1 heterocycles. The van der Waals surface area contributed by atoms with Crippen LogP contribution in [-0.2, 0) is 22.6 Å². The number of methoxy groups -OCH3 is 2. The van der Waals surface area contributed by atoms with E-state index in [0.29, 0.717) is 31.0 Å². The van der Waals surface area contributed by atoms with E-state index in [1.54, 1.807) is 30.5 Å². The highest BCUT2D eigenvalue weighted by atomic mass is 32.1. The first-order valence-corrected chi connectivity index (χ1v) is 12.1. The first-order valence-electron chi connectivity index (χ1n) is 11.2. The second-order valence-corrected chi connectivity index (χ2v) is 9.55. The fourth-order valence-electron chi connectivity index (χ4n) is 3.83. The average molecular weight is 459 g/mol. The SMILES string of the molecule is COc1ccc(CCN(Cc2cccs2)C(=O)CN(C(=O)C2CCC2)C(C)C)cc1OC. The van der Waals surface area contributed by atoms with E-state index in [9.17, 15) is 9.59 Å². The molecule has 1 fully saturated rings. The first-order chi connectivity index (χ1) is 15.4. The lowest BCUT2D eigenvalue weighted by Crippen LogP contribution is -2.49. The molecule has 7 heteroatoms. The van der Waals surface area contributed by atoms with Crippen molar-refractivity contribution in [1.29, 1.82) is 0 Å². The van der Waals surface area contributed by atoms with Gasteiger partial charge in [0.15, 0.2) is 11.5 Å². The minimum Gasteiger partial charge on any atom is -0.493 e. The Balaban J connectivity index is 1.71. The molecule has 6 nitrogen and oxygen atoms in total. The molecule has 0 atom stereocenters. The molecule has 2 aromatic rings. The number of nitrogens with zero attached hydrogens (tertiary/aromatic N) is 2. The van der Waals surface area contributed by atoms with Crippen LogP contribution in [0.5, 0.6) is 11.5 Å². The van der Waals surface area contributed by atoms with E-state index in [0.717, 1.165) is 29.7 Å². The van der Waals surface area contributed by atoms with Gasteiger partial charge in [-0.05, 0) is 62.3 Å². The predicted octanol–water partition coefficient (Wildman–Crippen LogP) is 4.37. The minimum atomic E-state index is -0.0137. The second kappa shape index (κ2) is 11.4. The number of amides is 2. The van der Waals surface area contributed by atoms with Crippen molar-refractivity contribution in [2.24, 2.45) is 5.92 Å². The van der Waals surface area contributed by atoms with Crippen molar-refractivity contribution in [3.8, 4) is 11.5 Å². The minimum absolute atomic E-state index is 0.00138. The van der Waals surface area contributed by atoms with Crippen LogP contribution in [0.3, 0.4) is 0 Å². The van der Waals surface area contributed by atoms with Crippen LogP contribution >= 0.6 is 11.3 Å². The van der Waals surface area contributed by atoms with Crippen LogP contribution < -0.4 is 9.47 Å². The van der Waals surface area contributed by atoms with Crippen molar-refractivity contribution < 1.29 is 19.1 Å². The summed E-state index contributed by atoms with van der Waals surface area (Å²) in [5, 5.41) is 2.02. The second-order valence-electron chi connectivity index (χ2n) is 8.52. The molecular weight excluding hydrogens is 424 g/mol. The molecule has 174 valence electrons. The van der Waals surface area contributed by atoms with Crippen molar-refractivity contribution in [2.75, 3.05) is 27.3 Å². The fourth-order valence-corrected chi connectivity index (χ4v) is 4.55. The lowest BCUT2D eigenvalue weighted by molar-refractivity contribution is -0.146. The highest BCUT2D eigenvalue weighted by Gasteiger charge is 2.32. The van der Waals surface area contributed by atoms with Crippen molar-refractivity contribution >= 4 is 23.2 Å². The van der Waals surface area contributed by atoms with Crippen LogP contribution in [0.4, 0.5) is 0 Å². The van der Waals surface area contributed by atoms with Crippen LogP contribution in [0.1, 0.15) is 43.6 Å². The topological polar surface area (TPSA) is 59.1 Å². The molecule has 0 saturated heterocycles. The summed E-state index contributed by atoms with van der Waals surface area (Å²) < 4.78 is 10.7. The van der Waals surface area contributed by atoms with Crippen molar-refractivity contribution in [3.63, 3.8) is 0 Å². The Bertz CT molecular complexity index is 893. The Hall–Kier alpha value is -2.54. The average Bonchev–Trinajstić information content (AvgIpc) is 3.26. The number of thiophene rings is 1. The zero-order valence-electron chi connectivity index (χ0n) is 19.5. The molecule has 0 spiro atoms. The molecule has 0 bridgehead atoms. The van der Waals surface area contributed by atoms with E-state index in [4.69, 9.17) is 9.47 Å². The quantitative estimate of drug-likeness (QED) is 0.502. The Morgan fingerprint density at radius 1 is 1.12 bits per heavy atom. The van der Waals surface area contributed by atoms with Gasteiger partial charge >= 0.3 is 0 Å². The summed E-state index contributed by atoms with van der Waals surface area (Å²) in [4.78, 5) is 31.0. The summed E-state index contributed by atoms with van der Waals surface area (Å²) in [6.07, 6.45) is 3.67. The third kappa shape index (κ3) is 6.03. The number of carbonyl (C=O) groups is 2. The molecule has 1 aliphatic carbocycles.